The van der Waals surface area contributed by atoms with E-state index in [1.807, 2.05) is 35.7 Å². The number of aromatic nitrogens is 2. The van der Waals surface area contributed by atoms with E-state index in [0.29, 0.717) is 4.58 Å². The summed E-state index contributed by atoms with van der Waals surface area (Å²) in [5, 5.41) is 0. The van der Waals surface area contributed by atoms with E-state index >= 15 is 0 Å². The van der Waals surface area contributed by atoms with Crippen molar-refractivity contribution in [2.45, 2.75) is 18.4 Å². The summed E-state index contributed by atoms with van der Waals surface area (Å²) in [5.74, 6) is 3.15. The van der Waals surface area contributed by atoms with Crippen LogP contribution in [0.15, 0.2) is 84.9 Å². The second-order valence-corrected chi connectivity index (χ2v) is 9.97. The van der Waals surface area contributed by atoms with Crippen LogP contribution in [0.3, 0.4) is 0 Å². The van der Waals surface area contributed by atoms with Crippen LogP contribution in [0, 0.1) is 0 Å². The fourth-order valence-corrected chi connectivity index (χ4v) is 5.98. The van der Waals surface area contributed by atoms with Crippen molar-refractivity contribution in [1.29, 1.82) is 0 Å². The third-order valence-electron chi connectivity index (χ3n) is 4.91. The van der Waals surface area contributed by atoms with Gasteiger partial charge in [0.15, 0.2) is 0 Å². The fourth-order valence-electron chi connectivity index (χ4n) is 3.47. The van der Waals surface area contributed by atoms with Crippen molar-refractivity contribution >= 4 is 23.5 Å². The first-order chi connectivity index (χ1) is 14.8. The van der Waals surface area contributed by atoms with Crippen molar-refractivity contribution < 1.29 is 0 Å². The molecule has 0 saturated heterocycles. The van der Waals surface area contributed by atoms with Gasteiger partial charge < -0.3 is 4.98 Å². The largest absolute Gasteiger partial charge is 0.337 e. The number of hydrogen-bond acceptors (Lipinski definition) is 3. The minimum absolute atomic E-state index is 0.491. The Kier molecular flexibility index (Phi) is 6.98. The van der Waals surface area contributed by atoms with Gasteiger partial charge in [0.1, 0.15) is 5.82 Å². The van der Waals surface area contributed by atoms with Crippen molar-refractivity contribution in [3.63, 3.8) is 0 Å². The number of hydrogen-bond donors (Lipinski definition) is 1. The summed E-state index contributed by atoms with van der Waals surface area (Å²) in [6.07, 6.45) is 0. The van der Waals surface area contributed by atoms with Crippen molar-refractivity contribution in [2.75, 3.05) is 11.5 Å². The summed E-state index contributed by atoms with van der Waals surface area (Å²) in [6.45, 7) is 4.45. The van der Waals surface area contributed by atoms with Crippen LogP contribution in [0.2, 0.25) is 0 Å². The lowest BCUT2D eigenvalue weighted by Gasteiger charge is -2.15. The zero-order valence-corrected chi connectivity index (χ0v) is 19.0. The Morgan fingerprint density at radius 1 is 0.700 bits per heavy atom. The molecule has 0 fully saturated rings. The Morgan fingerprint density at radius 2 is 1.27 bits per heavy atom. The number of thioether (sulfide) groups is 2. The summed E-state index contributed by atoms with van der Waals surface area (Å²) >= 11 is 3.99. The number of H-pyrrole nitrogens is 1. The van der Waals surface area contributed by atoms with E-state index in [9.17, 15) is 0 Å². The van der Waals surface area contributed by atoms with Gasteiger partial charge in [-0.05, 0) is 17.1 Å². The number of benzene rings is 3. The monoisotopic (exact) mass is 430 g/mol. The van der Waals surface area contributed by atoms with E-state index in [0.717, 1.165) is 45.4 Å². The zero-order valence-electron chi connectivity index (χ0n) is 17.3. The molecule has 0 radical (unpaired) electrons. The molecule has 0 unspecified atom stereocenters. The first-order valence-electron chi connectivity index (χ1n) is 10.3. The Morgan fingerprint density at radius 3 is 1.83 bits per heavy atom. The summed E-state index contributed by atoms with van der Waals surface area (Å²) in [7, 11) is 0. The summed E-state index contributed by atoms with van der Waals surface area (Å²) in [5.41, 5.74) is 6.79. The Hall–Kier alpha value is -2.43. The van der Waals surface area contributed by atoms with E-state index < -0.39 is 0 Å². The number of imidazole rings is 1. The highest BCUT2D eigenvalue weighted by atomic mass is 32.2. The van der Waals surface area contributed by atoms with Gasteiger partial charge in [-0.15, -0.1) is 23.5 Å². The van der Waals surface area contributed by atoms with Crippen molar-refractivity contribution in [1.82, 2.24) is 9.97 Å². The van der Waals surface area contributed by atoms with E-state index in [-0.39, 0.29) is 0 Å². The lowest BCUT2D eigenvalue weighted by atomic mass is 10.1. The minimum Gasteiger partial charge on any atom is -0.337 e. The molecular formula is C26H26N2S2. The summed E-state index contributed by atoms with van der Waals surface area (Å²) in [4.78, 5) is 8.60. The van der Waals surface area contributed by atoms with E-state index in [1.165, 1.54) is 5.56 Å². The first-order valence-corrected chi connectivity index (χ1v) is 12.4. The Bertz CT molecular complexity index is 994. The first kappa shape index (κ1) is 20.8. The number of aromatic amines is 1. The molecule has 0 saturated carbocycles. The third-order valence-corrected chi connectivity index (χ3v) is 7.54. The minimum atomic E-state index is 0.491. The maximum atomic E-state index is 5.01. The molecule has 4 heteroatoms. The molecule has 0 atom stereocenters. The number of nitrogens with one attached hydrogen (secondary N) is 1. The SMILES string of the molecule is CCSC(SCC)c1ccc(-c2nc(-c3ccccc3)c(-c3ccccc3)[nH]2)cc1. The van der Waals surface area contributed by atoms with Gasteiger partial charge in [-0.25, -0.2) is 4.98 Å². The van der Waals surface area contributed by atoms with Gasteiger partial charge in [0.2, 0.25) is 0 Å². The molecule has 0 aliphatic carbocycles. The molecule has 4 aromatic rings. The second kappa shape index (κ2) is 10.1. The molecule has 0 aliphatic rings. The quantitative estimate of drug-likeness (QED) is 0.288. The lowest BCUT2D eigenvalue weighted by Crippen LogP contribution is -1.91. The van der Waals surface area contributed by atoms with Crippen LogP contribution in [0.25, 0.3) is 33.9 Å². The fraction of sp³-hybridized carbons (Fsp3) is 0.192. The number of rotatable bonds is 8. The standard InChI is InChI=1S/C26H26N2S2/c1-3-29-26(30-4-2)22-17-15-21(16-18-22)25-27-23(19-11-7-5-8-12-19)24(28-25)20-13-9-6-10-14-20/h5-18,26H,3-4H2,1-2H3,(H,27,28). The molecule has 3 aromatic carbocycles. The van der Waals surface area contributed by atoms with Gasteiger partial charge >= 0.3 is 0 Å². The molecule has 0 amide bonds. The van der Waals surface area contributed by atoms with Crippen LogP contribution in [0.1, 0.15) is 24.0 Å². The molecule has 1 heterocycles. The molecule has 152 valence electrons. The molecular weight excluding hydrogens is 404 g/mol. The molecule has 2 nitrogen and oxygen atoms in total. The van der Waals surface area contributed by atoms with Gasteiger partial charge in [-0.1, -0.05) is 98.8 Å². The van der Waals surface area contributed by atoms with Crippen LogP contribution in [-0.2, 0) is 0 Å². The average molecular weight is 431 g/mol. The van der Waals surface area contributed by atoms with E-state index in [4.69, 9.17) is 4.98 Å². The van der Waals surface area contributed by atoms with Gasteiger partial charge in [0.25, 0.3) is 0 Å². The van der Waals surface area contributed by atoms with Crippen LogP contribution in [-0.4, -0.2) is 21.5 Å². The van der Waals surface area contributed by atoms with Crippen molar-refractivity contribution in [3.8, 4) is 33.9 Å². The van der Waals surface area contributed by atoms with Crippen LogP contribution >= 0.6 is 23.5 Å². The zero-order chi connectivity index (χ0) is 20.8. The van der Waals surface area contributed by atoms with E-state index in [1.54, 1.807) is 0 Å². The molecule has 4 rings (SSSR count). The Balaban J connectivity index is 1.72. The lowest BCUT2D eigenvalue weighted by molar-refractivity contribution is 1.29. The van der Waals surface area contributed by atoms with Crippen LogP contribution < -0.4 is 0 Å². The molecule has 0 spiro atoms. The Labute approximate surface area is 187 Å². The average Bonchev–Trinajstić information content (AvgIpc) is 3.26. The molecule has 1 N–H and O–H groups in total. The summed E-state index contributed by atoms with van der Waals surface area (Å²) in [6, 6.07) is 29.7. The van der Waals surface area contributed by atoms with Gasteiger partial charge in [-0.3, -0.25) is 0 Å². The molecule has 30 heavy (non-hydrogen) atoms. The second-order valence-electron chi connectivity index (χ2n) is 6.91. The highest BCUT2D eigenvalue weighted by molar-refractivity contribution is 8.16. The van der Waals surface area contributed by atoms with Crippen molar-refractivity contribution in [3.05, 3.63) is 90.5 Å². The van der Waals surface area contributed by atoms with Gasteiger partial charge in [0, 0.05) is 16.7 Å². The van der Waals surface area contributed by atoms with Crippen LogP contribution in [0.5, 0.6) is 0 Å². The van der Waals surface area contributed by atoms with Crippen LogP contribution in [0.4, 0.5) is 0 Å². The highest BCUT2D eigenvalue weighted by Gasteiger charge is 2.16. The third kappa shape index (κ3) is 4.66. The predicted molar refractivity (Wildman–Crippen MR) is 134 cm³/mol. The van der Waals surface area contributed by atoms with E-state index in [2.05, 4.69) is 91.6 Å². The highest BCUT2D eigenvalue weighted by Crippen LogP contribution is 2.40. The van der Waals surface area contributed by atoms with Gasteiger partial charge in [0.05, 0.1) is 16.0 Å². The van der Waals surface area contributed by atoms with Crippen molar-refractivity contribution in [2.24, 2.45) is 0 Å². The summed E-state index contributed by atoms with van der Waals surface area (Å²) < 4.78 is 0.491. The normalized spacial score (nSPS) is 11.2. The molecule has 0 aliphatic heterocycles. The number of nitrogens with zero attached hydrogens (tertiary/aromatic N) is 1. The molecule has 0 bridgehead atoms. The topological polar surface area (TPSA) is 28.7 Å². The molecule has 1 aromatic heterocycles. The van der Waals surface area contributed by atoms with Gasteiger partial charge in [-0.2, -0.15) is 0 Å². The maximum absolute atomic E-state index is 5.01. The predicted octanol–water partition coefficient (Wildman–Crippen LogP) is 7.92. The smallest absolute Gasteiger partial charge is 0.138 e. The maximum Gasteiger partial charge on any atom is 0.138 e.